The van der Waals surface area contributed by atoms with Crippen LogP contribution in [0.2, 0.25) is 0 Å². The van der Waals surface area contributed by atoms with Crippen molar-refractivity contribution in [1.29, 1.82) is 0 Å². The van der Waals surface area contributed by atoms with E-state index in [2.05, 4.69) is 21.3 Å². The molecular formula is C42H52N8O8. The molecule has 5 heterocycles. The van der Waals surface area contributed by atoms with E-state index in [9.17, 15) is 33.6 Å². The Hall–Kier alpha value is -5.93. The quantitative estimate of drug-likeness (QED) is 0.273. The van der Waals surface area contributed by atoms with Crippen molar-refractivity contribution in [3.8, 4) is 0 Å². The number of fused-ring (bicyclic) bond motifs is 4. The second-order valence-corrected chi connectivity index (χ2v) is 16.0. The lowest BCUT2D eigenvalue weighted by molar-refractivity contribution is -0.158. The average Bonchev–Trinajstić information content (AvgIpc) is 3.97. The SMILES string of the molecule is C[C@H]1C[C@H]2C(=O)OC[C@H](NC(=O)[C@H](Cc3ccccc3)NC(=O)Nc3ccc4ccn(C)c4c3)C(=O)N3CCC[C@H]3C(=O)N3CCCC[C@H]3C(=O)N[C@@H](C)C(=O)N2C1. The molecule has 1 aromatic heterocycles. The second-order valence-electron chi connectivity index (χ2n) is 16.0. The van der Waals surface area contributed by atoms with Crippen LogP contribution in [0.3, 0.4) is 0 Å². The first-order chi connectivity index (χ1) is 27.9. The zero-order valence-corrected chi connectivity index (χ0v) is 33.1. The molecule has 16 nitrogen and oxygen atoms in total. The molecule has 4 fully saturated rings. The third-order valence-electron chi connectivity index (χ3n) is 11.8. The van der Waals surface area contributed by atoms with Gasteiger partial charge in [0.2, 0.25) is 29.5 Å². The molecule has 308 valence electrons. The summed E-state index contributed by atoms with van der Waals surface area (Å²) in [6, 6.07) is 9.52. The lowest BCUT2D eigenvalue weighted by atomic mass is 9.99. The molecule has 0 saturated carbocycles. The summed E-state index contributed by atoms with van der Waals surface area (Å²) in [6.07, 6.45) is 4.92. The number of nitrogens with zero attached hydrogens (tertiary/aromatic N) is 4. The molecular weight excluding hydrogens is 745 g/mol. The topological polar surface area (TPSA) is 191 Å². The number of nitrogens with one attached hydrogen (secondary N) is 4. The second kappa shape index (κ2) is 17.3. The first-order valence-corrected chi connectivity index (χ1v) is 20.2. The summed E-state index contributed by atoms with van der Waals surface area (Å²) in [6.45, 7) is 3.67. The van der Waals surface area contributed by atoms with Crippen LogP contribution in [0.25, 0.3) is 10.9 Å². The molecule has 7 amide bonds. The zero-order valence-electron chi connectivity index (χ0n) is 33.1. The zero-order chi connectivity index (χ0) is 41.1. The fraction of sp³-hybridized carbons (Fsp3) is 0.500. The Morgan fingerprint density at radius 1 is 0.845 bits per heavy atom. The van der Waals surface area contributed by atoms with Gasteiger partial charge in [0.1, 0.15) is 42.9 Å². The normalized spacial score (nSPS) is 26.3. The van der Waals surface area contributed by atoms with Crippen LogP contribution in [-0.2, 0) is 47.0 Å². The minimum Gasteiger partial charge on any atom is -0.461 e. The van der Waals surface area contributed by atoms with Gasteiger partial charge >= 0.3 is 12.0 Å². The summed E-state index contributed by atoms with van der Waals surface area (Å²) >= 11 is 0. The summed E-state index contributed by atoms with van der Waals surface area (Å²) in [5, 5.41) is 12.1. The van der Waals surface area contributed by atoms with Gasteiger partial charge in [0.25, 0.3) is 0 Å². The van der Waals surface area contributed by atoms with Crippen LogP contribution in [0.4, 0.5) is 10.5 Å². The van der Waals surface area contributed by atoms with Crippen LogP contribution < -0.4 is 21.3 Å². The smallest absolute Gasteiger partial charge is 0.328 e. The van der Waals surface area contributed by atoms with E-state index in [0.717, 1.165) is 16.5 Å². The van der Waals surface area contributed by atoms with Gasteiger partial charge < -0.3 is 45.3 Å². The summed E-state index contributed by atoms with van der Waals surface area (Å²) in [5.74, 6) is -3.46. The molecule has 2 aromatic carbocycles. The molecule has 7 atom stereocenters. The molecule has 0 spiro atoms. The number of rotatable bonds is 6. The van der Waals surface area contributed by atoms with E-state index < -0.39 is 78.5 Å². The number of ether oxygens (including phenoxy) is 1. The van der Waals surface area contributed by atoms with Crippen molar-refractivity contribution < 1.29 is 38.3 Å². The number of amides is 7. The highest BCUT2D eigenvalue weighted by Crippen LogP contribution is 2.28. The summed E-state index contributed by atoms with van der Waals surface area (Å²) < 4.78 is 7.69. The predicted molar refractivity (Wildman–Crippen MR) is 213 cm³/mol. The van der Waals surface area contributed by atoms with E-state index in [1.807, 2.05) is 73.3 Å². The molecule has 4 aliphatic rings. The monoisotopic (exact) mass is 796 g/mol. The van der Waals surface area contributed by atoms with Crippen molar-refractivity contribution in [3.63, 3.8) is 0 Å². The highest BCUT2D eigenvalue weighted by Gasteiger charge is 2.46. The minimum atomic E-state index is -1.44. The van der Waals surface area contributed by atoms with Gasteiger partial charge in [0, 0.05) is 50.5 Å². The van der Waals surface area contributed by atoms with Gasteiger partial charge in [0.15, 0.2) is 0 Å². The molecule has 58 heavy (non-hydrogen) atoms. The highest BCUT2D eigenvalue weighted by atomic mass is 16.5. The Balaban J connectivity index is 1.17. The van der Waals surface area contributed by atoms with Crippen LogP contribution >= 0.6 is 0 Å². The molecule has 7 rings (SSSR count). The van der Waals surface area contributed by atoms with E-state index in [1.165, 1.54) is 14.7 Å². The number of hydrogen-bond acceptors (Lipinski definition) is 8. The maximum absolute atomic E-state index is 14.6. The lowest BCUT2D eigenvalue weighted by Gasteiger charge is -2.39. The fourth-order valence-electron chi connectivity index (χ4n) is 8.71. The van der Waals surface area contributed by atoms with Crippen molar-refractivity contribution in [2.45, 2.75) is 95.0 Å². The van der Waals surface area contributed by atoms with Crippen molar-refractivity contribution in [2.75, 3.05) is 31.6 Å². The molecule has 0 radical (unpaired) electrons. The van der Waals surface area contributed by atoms with Gasteiger partial charge in [-0.25, -0.2) is 9.59 Å². The summed E-state index contributed by atoms with van der Waals surface area (Å²) in [7, 11) is 1.90. The van der Waals surface area contributed by atoms with Crippen LogP contribution in [-0.4, -0.2) is 123 Å². The van der Waals surface area contributed by atoms with Gasteiger partial charge in [0.05, 0.1) is 0 Å². The molecule has 0 bridgehead atoms. The average molecular weight is 797 g/mol. The van der Waals surface area contributed by atoms with Crippen LogP contribution in [0.15, 0.2) is 60.8 Å². The third-order valence-corrected chi connectivity index (χ3v) is 11.8. The van der Waals surface area contributed by atoms with E-state index in [4.69, 9.17) is 4.74 Å². The first-order valence-electron chi connectivity index (χ1n) is 20.2. The maximum Gasteiger partial charge on any atom is 0.328 e. The number of urea groups is 1. The summed E-state index contributed by atoms with van der Waals surface area (Å²) in [5.41, 5.74) is 2.14. The van der Waals surface area contributed by atoms with E-state index in [1.54, 1.807) is 13.0 Å². The van der Waals surface area contributed by atoms with Gasteiger partial charge in [-0.15, -0.1) is 0 Å². The maximum atomic E-state index is 14.6. The Bertz CT molecular complexity index is 2070. The summed E-state index contributed by atoms with van der Waals surface area (Å²) in [4.78, 5) is 102. The number of piperidine rings is 1. The third kappa shape index (κ3) is 8.65. The van der Waals surface area contributed by atoms with Crippen molar-refractivity contribution in [1.82, 2.24) is 35.2 Å². The highest BCUT2D eigenvalue weighted by molar-refractivity contribution is 5.99. The molecule has 16 heteroatoms. The number of aryl methyl sites for hydroxylation is 1. The van der Waals surface area contributed by atoms with Crippen molar-refractivity contribution in [3.05, 3.63) is 66.4 Å². The minimum absolute atomic E-state index is 0.0502. The van der Waals surface area contributed by atoms with Gasteiger partial charge in [-0.1, -0.05) is 43.3 Å². The number of hydrogen-bond donors (Lipinski definition) is 4. The number of anilines is 1. The largest absolute Gasteiger partial charge is 0.461 e. The van der Waals surface area contributed by atoms with E-state index >= 15 is 0 Å². The van der Waals surface area contributed by atoms with Gasteiger partial charge in [-0.2, -0.15) is 0 Å². The van der Waals surface area contributed by atoms with Crippen LogP contribution in [0.1, 0.15) is 57.9 Å². The predicted octanol–water partition coefficient (Wildman–Crippen LogP) is 2.07. The molecule has 0 aliphatic carbocycles. The van der Waals surface area contributed by atoms with Crippen molar-refractivity contribution in [2.24, 2.45) is 13.0 Å². The number of carbonyl (C=O) groups is 7. The van der Waals surface area contributed by atoms with Crippen LogP contribution in [0.5, 0.6) is 0 Å². The van der Waals surface area contributed by atoms with Crippen molar-refractivity contribution >= 4 is 58.1 Å². The molecule has 3 aromatic rings. The fourth-order valence-corrected chi connectivity index (χ4v) is 8.71. The lowest BCUT2D eigenvalue weighted by Crippen LogP contribution is -2.62. The number of benzene rings is 2. The molecule has 4 saturated heterocycles. The Morgan fingerprint density at radius 2 is 1.59 bits per heavy atom. The number of carbonyl (C=O) groups excluding carboxylic acids is 7. The standard InChI is InChI=1S/C42H52N8O8/c1-25-20-35-41(56)58-24-31(39(54)49-18-9-13-33(49)40(55)48-17-8-7-12-32(48)37(52)43-26(2)38(53)50(35)23-25)45-36(51)30(21-27-10-5-4-6-11-27)46-42(57)44-29-15-14-28-16-19-47(3)34(28)22-29/h4-6,10-11,14-16,19,22,25-26,30-33,35H,7-9,12-13,17-18,20-21,23-24H2,1-3H3,(H,43,52)(H,45,51)(H2,44,46,57)/t25-,26-,30-,31-,32-,33-,35-/m0/s1. The Kier molecular flexibility index (Phi) is 12.0. The van der Waals surface area contributed by atoms with Gasteiger partial charge in [-0.05, 0) is 80.5 Å². The van der Waals surface area contributed by atoms with Gasteiger partial charge in [-0.3, -0.25) is 24.0 Å². The Labute approximate surface area is 337 Å². The first kappa shape index (κ1) is 40.3. The van der Waals surface area contributed by atoms with E-state index in [-0.39, 0.29) is 31.3 Å². The van der Waals surface area contributed by atoms with E-state index in [0.29, 0.717) is 50.8 Å². The van der Waals surface area contributed by atoms with Crippen LogP contribution in [0, 0.1) is 5.92 Å². The Morgan fingerprint density at radius 3 is 2.38 bits per heavy atom. The molecule has 4 aliphatic heterocycles. The number of esters is 1. The number of aromatic nitrogens is 1. The molecule has 4 N–H and O–H groups in total. The molecule has 0 unspecified atom stereocenters. The number of cyclic esters (lactones) is 1.